The molecule has 2 aromatic rings. The van der Waals surface area contributed by atoms with E-state index in [9.17, 15) is 9.59 Å². The standard InChI is InChI=1S/C19H21ClN2O5/c1-25-15-6-4-3-5-12(15)7-8-22-19(24)13-9-14(20)18(16(10-13)26-2)27-11-17(21)23/h3-6,9-10H,7-8,11H2,1-2H3,(H2,21,23)(H,22,24). The molecule has 27 heavy (non-hydrogen) atoms. The highest BCUT2D eigenvalue weighted by Gasteiger charge is 2.16. The van der Waals surface area contributed by atoms with Gasteiger partial charge in [0.25, 0.3) is 11.8 Å². The fourth-order valence-electron chi connectivity index (χ4n) is 2.46. The van der Waals surface area contributed by atoms with E-state index in [0.717, 1.165) is 11.3 Å². The van der Waals surface area contributed by atoms with Crippen LogP contribution in [0.25, 0.3) is 0 Å². The van der Waals surface area contributed by atoms with Crippen molar-refractivity contribution in [3.63, 3.8) is 0 Å². The third kappa shape index (κ3) is 5.52. The zero-order valence-electron chi connectivity index (χ0n) is 15.1. The lowest BCUT2D eigenvalue weighted by Gasteiger charge is -2.13. The van der Waals surface area contributed by atoms with Crippen LogP contribution in [0.5, 0.6) is 17.2 Å². The molecule has 0 radical (unpaired) electrons. The monoisotopic (exact) mass is 392 g/mol. The molecule has 2 rings (SSSR count). The Morgan fingerprint density at radius 3 is 2.48 bits per heavy atom. The number of primary amides is 1. The average Bonchev–Trinajstić information content (AvgIpc) is 2.66. The molecule has 0 saturated heterocycles. The first-order valence-electron chi connectivity index (χ1n) is 8.15. The van der Waals surface area contributed by atoms with Crippen LogP contribution in [0.1, 0.15) is 15.9 Å². The molecule has 0 unspecified atom stereocenters. The predicted octanol–water partition coefficient (Wildman–Crippen LogP) is 2.19. The lowest BCUT2D eigenvalue weighted by molar-refractivity contribution is -0.119. The number of nitrogens with one attached hydrogen (secondary N) is 1. The summed E-state index contributed by atoms with van der Waals surface area (Å²) in [5.74, 6) is 0.201. The van der Waals surface area contributed by atoms with E-state index < -0.39 is 5.91 Å². The van der Waals surface area contributed by atoms with E-state index in [-0.39, 0.29) is 29.0 Å². The number of hydrogen-bond acceptors (Lipinski definition) is 5. The Morgan fingerprint density at radius 1 is 1.11 bits per heavy atom. The van der Waals surface area contributed by atoms with Crippen LogP contribution in [-0.4, -0.2) is 39.2 Å². The quantitative estimate of drug-likeness (QED) is 0.681. The Bertz CT molecular complexity index is 826. The zero-order valence-corrected chi connectivity index (χ0v) is 15.8. The van der Waals surface area contributed by atoms with E-state index in [1.165, 1.54) is 19.2 Å². The molecule has 0 saturated carbocycles. The van der Waals surface area contributed by atoms with Crippen LogP contribution in [0.15, 0.2) is 36.4 Å². The number of benzene rings is 2. The van der Waals surface area contributed by atoms with Crippen LogP contribution < -0.4 is 25.3 Å². The summed E-state index contributed by atoms with van der Waals surface area (Å²) >= 11 is 6.16. The molecule has 144 valence electrons. The highest BCUT2D eigenvalue weighted by Crippen LogP contribution is 2.36. The summed E-state index contributed by atoms with van der Waals surface area (Å²) in [4.78, 5) is 23.3. The molecule has 7 nitrogen and oxygen atoms in total. The Balaban J connectivity index is 2.05. The third-order valence-electron chi connectivity index (χ3n) is 3.72. The Morgan fingerprint density at radius 2 is 1.81 bits per heavy atom. The molecule has 0 aliphatic carbocycles. The summed E-state index contributed by atoms with van der Waals surface area (Å²) < 4.78 is 15.7. The number of hydrogen-bond donors (Lipinski definition) is 2. The van der Waals surface area contributed by atoms with Crippen molar-refractivity contribution in [3.05, 3.63) is 52.5 Å². The van der Waals surface area contributed by atoms with E-state index in [4.69, 9.17) is 31.5 Å². The second kappa shape index (κ2) is 9.68. The number of carbonyl (C=O) groups is 2. The maximum absolute atomic E-state index is 12.4. The molecule has 2 aromatic carbocycles. The van der Waals surface area contributed by atoms with Crippen molar-refractivity contribution in [1.82, 2.24) is 5.32 Å². The molecule has 0 aliphatic heterocycles. The molecule has 8 heteroatoms. The van der Waals surface area contributed by atoms with E-state index in [2.05, 4.69) is 5.32 Å². The van der Waals surface area contributed by atoms with E-state index in [0.29, 0.717) is 18.5 Å². The van der Waals surface area contributed by atoms with Gasteiger partial charge in [-0.15, -0.1) is 0 Å². The third-order valence-corrected chi connectivity index (χ3v) is 4.00. The molecule has 0 fully saturated rings. The van der Waals surface area contributed by atoms with Gasteiger partial charge in [0, 0.05) is 12.1 Å². The summed E-state index contributed by atoms with van der Waals surface area (Å²) in [7, 11) is 3.01. The number of ether oxygens (including phenoxy) is 3. The largest absolute Gasteiger partial charge is 0.496 e. The summed E-state index contributed by atoms with van der Waals surface area (Å²) in [5, 5.41) is 2.97. The first-order chi connectivity index (χ1) is 13.0. The van der Waals surface area contributed by atoms with Gasteiger partial charge in [-0.2, -0.15) is 0 Å². The number of rotatable bonds is 9. The maximum atomic E-state index is 12.4. The zero-order chi connectivity index (χ0) is 19.8. The number of halogens is 1. The normalized spacial score (nSPS) is 10.2. The van der Waals surface area contributed by atoms with Crippen molar-refractivity contribution in [2.24, 2.45) is 5.73 Å². The van der Waals surface area contributed by atoms with Gasteiger partial charge in [0.05, 0.1) is 19.2 Å². The fourth-order valence-corrected chi connectivity index (χ4v) is 2.72. The van der Waals surface area contributed by atoms with Crippen molar-refractivity contribution in [2.75, 3.05) is 27.4 Å². The first-order valence-corrected chi connectivity index (χ1v) is 8.52. The molecule has 0 aliphatic rings. The van der Waals surface area contributed by atoms with Gasteiger partial charge in [0.2, 0.25) is 0 Å². The van der Waals surface area contributed by atoms with Gasteiger partial charge in [-0.05, 0) is 30.2 Å². The van der Waals surface area contributed by atoms with Crippen molar-refractivity contribution in [2.45, 2.75) is 6.42 Å². The molecule has 3 N–H and O–H groups in total. The highest BCUT2D eigenvalue weighted by atomic mass is 35.5. The molecule has 2 amide bonds. The molecule has 0 heterocycles. The van der Waals surface area contributed by atoms with Crippen LogP contribution >= 0.6 is 11.6 Å². The van der Waals surface area contributed by atoms with Crippen LogP contribution in [0.4, 0.5) is 0 Å². The summed E-state index contributed by atoms with van der Waals surface area (Å²) in [6.07, 6.45) is 0.612. The van der Waals surface area contributed by atoms with Gasteiger partial charge in [-0.1, -0.05) is 29.8 Å². The van der Waals surface area contributed by atoms with Crippen molar-refractivity contribution >= 4 is 23.4 Å². The van der Waals surface area contributed by atoms with E-state index in [1.54, 1.807) is 7.11 Å². The molecule has 0 aromatic heterocycles. The second-order valence-corrected chi connectivity index (χ2v) is 5.97. The van der Waals surface area contributed by atoms with Gasteiger partial charge in [-0.3, -0.25) is 9.59 Å². The lowest BCUT2D eigenvalue weighted by Crippen LogP contribution is -2.26. The van der Waals surface area contributed by atoms with Crippen molar-refractivity contribution in [1.29, 1.82) is 0 Å². The minimum atomic E-state index is -0.647. The lowest BCUT2D eigenvalue weighted by atomic mass is 10.1. The second-order valence-electron chi connectivity index (χ2n) is 5.56. The SMILES string of the molecule is COc1ccccc1CCNC(=O)c1cc(Cl)c(OCC(N)=O)c(OC)c1. The van der Waals surface area contributed by atoms with Gasteiger partial charge in [0.15, 0.2) is 18.1 Å². The van der Waals surface area contributed by atoms with Crippen LogP contribution in [0.3, 0.4) is 0 Å². The summed E-state index contributed by atoms with van der Waals surface area (Å²) in [6.45, 7) is 0.0690. The van der Waals surface area contributed by atoms with Crippen molar-refractivity contribution in [3.8, 4) is 17.2 Å². The van der Waals surface area contributed by atoms with Gasteiger partial charge in [0.1, 0.15) is 5.75 Å². The molecule has 0 bridgehead atoms. The molecule has 0 atom stereocenters. The minimum absolute atomic E-state index is 0.144. The molecular formula is C19H21ClN2O5. The topological polar surface area (TPSA) is 99.9 Å². The maximum Gasteiger partial charge on any atom is 0.255 e. The minimum Gasteiger partial charge on any atom is -0.496 e. The molecular weight excluding hydrogens is 372 g/mol. The predicted molar refractivity (Wildman–Crippen MR) is 102 cm³/mol. The van der Waals surface area contributed by atoms with Gasteiger partial charge in [-0.25, -0.2) is 0 Å². The van der Waals surface area contributed by atoms with Gasteiger partial charge >= 0.3 is 0 Å². The first kappa shape index (κ1) is 20.4. The van der Waals surface area contributed by atoms with Crippen LogP contribution in [0.2, 0.25) is 5.02 Å². The Labute approximate surface area is 162 Å². The van der Waals surface area contributed by atoms with Crippen molar-refractivity contribution < 1.29 is 23.8 Å². The highest BCUT2D eigenvalue weighted by molar-refractivity contribution is 6.32. The Kier molecular flexibility index (Phi) is 7.31. The van der Waals surface area contributed by atoms with Gasteiger partial charge < -0.3 is 25.3 Å². The van der Waals surface area contributed by atoms with E-state index in [1.807, 2.05) is 24.3 Å². The fraction of sp³-hybridized carbons (Fsp3) is 0.263. The van der Waals surface area contributed by atoms with Crippen LogP contribution in [0, 0.1) is 0 Å². The molecule has 0 spiro atoms. The van der Waals surface area contributed by atoms with Crippen LogP contribution in [-0.2, 0) is 11.2 Å². The average molecular weight is 393 g/mol. The number of nitrogens with two attached hydrogens (primary N) is 1. The van der Waals surface area contributed by atoms with E-state index >= 15 is 0 Å². The number of para-hydroxylation sites is 1. The smallest absolute Gasteiger partial charge is 0.255 e. The number of amides is 2. The number of methoxy groups -OCH3 is 2. The Hall–Kier alpha value is -2.93. The number of carbonyl (C=O) groups excluding carboxylic acids is 2. The summed E-state index contributed by atoms with van der Waals surface area (Å²) in [6, 6.07) is 10.5. The summed E-state index contributed by atoms with van der Waals surface area (Å²) in [5.41, 5.74) is 6.36.